The molecule has 2 heterocycles. The maximum atomic E-state index is 12.8. The lowest BCUT2D eigenvalue weighted by molar-refractivity contribution is -0.127. The molecule has 1 saturated heterocycles. The standard InChI is InChI=1S/C21H26N2O6S/c1-27-18-5-7-19(28-2)20(14-18)30(25,26)22-15-16-9-11-23(12-10-16)21(24)8-6-17-4-3-13-29-17/h3-8,13-14,16,22H,9-12,15H2,1-2H3/b8-6+. The molecule has 0 unspecified atom stereocenters. The Labute approximate surface area is 176 Å². The number of methoxy groups -OCH3 is 2. The van der Waals surface area contributed by atoms with E-state index in [1.54, 1.807) is 41.5 Å². The number of carbonyl (C=O) groups excluding carboxylic acids is 1. The Morgan fingerprint density at radius 1 is 1.23 bits per heavy atom. The Morgan fingerprint density at radius 3 is 2.63 bits per heavy atom. The smallest absolute Gasteiger partial charge is 0.246 e. The average molecular weight is 435 g/mol. The molecule has 0 saturated carbocycles. The van der Waals surface area contributed by atoms with E-state index >= 15 is 0 Å². The summed E-state index contributed by atoms with van der Waals surface area (Å²) in [7, 11) is -0.855. The highest BCUT2D eigenvalue weighted by Crippen LogP contribution is 2.28. The second-order valence-electron chi connectivity index (χ2n) is 6.99. The fourth-order valence-electron chi connectivity index (χ4n) is 3.30. The number of ether oxygens (including phenoxy) is 2. The number of hydrogen-bond acceptors (Lipinski definition) is 6. The van der Waals surface area contributed by atoms with Crippen LogP contribution < -0.4 is 14.2 Å². The Bertz CT molecular complexity index is 977. The van der Waals surface area contributed by atoms with Gasteiger partial charge in [-0.2, -0.15) is 0 Å². The molecule has 1 amide bonds. The number of piperidine rings is 1. The molecule has 0 radical (unpaired) electrons. The van der Waals surface area contributed by atoms with Gasteiger partial charge in [-0.25, -0.2) is 13.1 Å². The largest absolute Gasteiger partial charge is 0.497 e. The quantitative estimate of drug-likeness (QED) is 0.641. The number of amides is 1. The van der Waals surface area contributed by atoms with Crippen molar-refractivity contribution in [3.05, 3.63) is 48.4 Å². The molecule has 9 heteroatoms. The van der Waals surface area contributed by atoms with E-state index in [-0.39, 0.29) is 22.5 Å². The Hall–Kier alpha value is -2.78. The summed E-state index contributed by atoms with van der Waals surface area (Å²) in [6.45, 7) is 1.46. The van der Waals surface area contributed by atoms with E-state index in [1.807, 2.05) is 0 Å². The lowest BCUT2D eigenvalue weighted by Crippen LogP contribution is -2.41. The second-order valence-corrected chi connectivity index (χ2v) is 8.72. The predicted octanol–water partition coefficient (Wildman–Crippen LogP) is 2.53. The van der Waals surface area contributed by atoms with Crippen LogP contribution in [0.5, 0.6) is 11.5 Å². The molecule has 1 fully saturated rings. The van der Waals surface area contributed by atoms with Gasteiger partial charge < -0.3 is 18.8 Å². The minimum Gasteiger partial charge on any atom is -0.497 e. The average Bonchev–Trinajstić information content (AvgIpc) is 3.29. The van der Waals surface area contributed by atoms with Crippen LogP contribution in [0.4, 0.5) is 0 Å². The van der Waals surface area contributed by atoms with Crippen molar-refractivity contribution in [3.63, 3.8) is 0 Å². The van der Waals surface area contributed by atoms with Crippen LogP contribution >= 0.6 is 0 Å². The van der Waals surface area contributed by atoms with Crippen LogP contribution in [0, 0.1) is 5.92 Å². The summed E-state index contributed by atoms with van der Waals surface area (Å²) in [5.41, 5.74) is 0. The second kappa shape index (κ2) is 9.82. The summed E-state index contributed by atoms with van der Waals surface area (Å²) in [6, 6.07) is 8.18. The summed E-state index contributed by atoms with van der Waals surface area (Å²) in [5, 5.41) is 0. The molecule has 8 nitrogen and oxygen atoms in total. The molecular formula is C21H26N2O6S. The highest BCUT2D eigenvalue weighted by molar-refractivity contribution is 7.89. The SMILES string of the molecule is COc1ccc(OC)c(S(=O)(=O)NCC2CCN(C(=O)/C=C/c3ccco3)CC2)c1. The van der Waals surface area contributed by atoms with Gasteiger partial charge in [0.15, 0.2) is 0 Å². The molecule has 162 valence electrons. The van der Waals surface area contributed by atoms with Gasteiger partial charge >= 0.3 is 0 Å². The predicted molar refractivity (Wildman–Crippen MR) is 112 cm³/mol. The molecule has 1 aliphatic rings. The summed E-state index contributed by atoms with van der Waals surface area (Å²) in [6.07, 6.45) is 6.13. The maximum absolute atomic E-state index is 12.8. The number of furan rings is 1. The number of rotatable bonds is 8. The van der Waals surface area contributed by atoms with Crippen LogP contribution in [-0.2, 0) is 14.8 Å². The summed E-state index contributed by atoms with van der Waals surface area (Å²) in [5.74, 6) is 1.39. The van der Waals surface area contributed by atoms with E-state index in [9.17, 15) is 13.2 Å². The van der Waals surface area contributed by atoms with E-state index < -0.39 is 10.0 Å². The fourth-order valence-corrected chi connectivity index (χ4v) is 4.60. The van der Waals surface area contributed by atoms with Gasteiger partial charge in [0.05, 0.1) is 20.5 Å². The van der Waals surface area contributed by atoms with Crippen LogP contribution in [0.3, 0.4) is 0 Å². The van der Waals surface area contributed by atoms with E-state index in [1.165, 1.54) is 26.4 Å². The highest BCUT2D eigenvalue weighted by Gasteiger charge is 2.25. The number of sulfonamides is 1. The van der Waals surface area contributed by atoms with Crippen molar-refractivity contribution >= 4 is 22.0 Å². The van der Waals surface area contributed by atoms with Gasteiger partial charge in [0.25, 0.3) is 0 Å². The molecule has 1 N–H and O–H groups in total. The normalized spacial score (nSPS) is 15.5. The van der Waals surface area contributed by atoms with Gasteiger partial charge in [-0.15, -0.1) is 0 Å². The first-order valence-corrected chi connectivity index (χ1v) is 11.1. The van der Waals surface area contributed by atoms with Crippen molar-refractivity contribution in [2.24, 2.45) is 5.92 Å². The first kappa shape index (κ1) is 21.9. The van der Waals surface area contributed by atoms with Crippen LogP contribution in [0.25, 0.3) is 6.08 Å². The van der Waals surface area contributed by atoms with Crippen molar-refractivity contribution < 1.29 is 27.1 Å². The van der Waals surface area contributed by atoms with Gasteiger partial charge in [-0.1, -0.05) is 0 Å². The van der Waals surface area contributed by atoms with E-state index in [2.05, 4.69) is 4.72 Å². The summed E-state index contributed by atoms with van der Waals surface area (Å²) >= 11 is 0. The molecule has 1 aliphatic heterocycles. The summed E-state index contributed by atoms with van der Waals surface area (Å²) < 4.78 is 43.7. The fraction of sp³-hybridized carbons (Fsp3) is 0.381. The van der Waals surface area contributed by atoms with E-state index in [0.29, 0.717) is 31.1 Å². The first-order valence-electron chi connectivity index (χ1n) is 9.65. The van der Waals surface area contributed by atoms with Gasteiger partial charge in [0, 0.05) is 31.8 Å². The van der Waals surface area contributed by atoms with Crippen LogP contribution in [0.15, 0.2) is 52.0 Å². The van der Waals surface area contributed by atoms with Gasteiger partial charge in [-0.05, 0) is 49.1 Å². The maximum Gasteiger partial charge on any atom is 0.246 e. The Kier molecular flexibility index (Phi) is 7.17. The van der Waals surface area contributed by atoms with Crippen molar-refractivity contribution in [2.75, 3.05) is 33.9 Å². The zero-order valence-electron chi connectivity index (χ0n) is 17.0. The topological polar surface area (TPSA) is 98.1 Å². The highest BCUT2D eigenvalue weighted by atomic mass is 32.2. The van der Waals surface area contributed by atoms with Crippen LogP contribution in [0.2, 0.25) is 0 Å². The van der Waals surface area contributed by atoms with Crippen LogP contribution in [-0.4, -0.2) is 53.1 Å². The third-order valence-corrected chi connectivity index (χ3v) is 6.53. The van der Waals surface area contributed by atoms with Gasteiger partial charge in [0.2, 0.25) is 15.9 Å². The molecule has 1 aromatic carbocycles. The van der Waals surface area contributed by atoms with Crippen molar-refractivity contribution in [1.29, 1.82) is 0 Å². The number of carbonyl (C=O) groups is 1. The molecule has 3 rings (SSSR count). The zero-order valence-corrected chi connectivity index (χ0v) is 17.9. The van der Waals surface area contributed by atoms with Crippen LogP contribution in [0.1, 0.15) is 18.6 Å². The van der Waals surface area contributed by atoms with E-state index in [4.69, 9.17) is 13.9 Å². The molecule has 2 aromatic rings. The molecule has 0 atom stereocenters. The number of hydrogen-bond donors (Lipinski definition) is 1. The van der Waals surface area contributed by atoms with Crippen molar-refractivity contribution in [2.45, 2.75) is 17.7 Å². The minimum atomic E-state index is -3.76. The lowest BCUT2D eigenvalue weighted by atomic mass is 9.97. The van der Waals surface area contributed by atoms with E-state index in [0.717, 1.165) is 12.8 Å². The number of nitrogens with one attached hydrogen (secondary N) is 1. The van der Waals surface area contributed by atoms with Crippen molar-refractivity contribution in [1.82, 2.24) is 9.62 Å². The molecule has 0 spiro atoms. The third-order valence-electron chi connectivity index (χ3n) is 5.08. The van der Waals surface area contributed by atoms with Gasteiger partial charge in [-0.3, -0.25) is 4.79 Å². The molecule has 1 aromatic heterocycles. The number of nitrogens with zero attached hydrogens (tertiary/aromatic N) is 1. The third kappa shape index (κ3) is 5.43. The molecule has 0 aliphatic carbocycles. The van der Waals surface area contributed by atoms with Gasteiger partial charge in [0.1, 0.15) is 22.2 Å². The monoisotopic (exact) mass is 434 g/mol. The summed E-state index contributed by atoms with van der Waals surface area (Å²) in [4.78, 5) is 14.1. The molecular weight excluding hydrogens is 408 g/mol. The minimum absolute atomic E-state index is 0.0417. The Morgan fingerprint density at radius 2 is 2.00 bits per heavy atom. The lowest BCUT2D eigenvalue weighted by Gasteiger charge is -2.31. The zero-order chi connectivity index (χ0) is 21.6. The Balaban J connectivity index is 1.53. The number of likely N-dealkylation sites (tertiary alicyclic amines) is 1. The molecule has 30 heavy (non-hydrogen) atoms. The van der Waals surface area contributed by atoms with Crippen molar-refractivity contribution in [3.8, 4) is 11.5 Å². The number of benzene rings is 1. The first-order chi connectivity index (χ1) is 14.4. The molecule has 0 bridgehead atoms.